The van der Waals surface area contributed by atoms with Gasteiger partial charge in [0.05, 0.1) is 19.3 Å². The minimum Gasteiger partial charge on any atom is -0.450 e. The fourth-order valence-corrected chi connectivity index (χ4v) is 5.77. The summed E-state index contributed by atoms with van der Waals surface area (Å²) in [6, 6.07) is 0. The van der Waals surface area contributed by atoms with Crippen molar-refractivity contribution in [3.63, 3.8) is 0 Å². The molecule has 2 aliphatic carbocycles. The second kappa shape index (κ2) is 6.71. The van der Waals surface area contributed by atoms with Gasteiger partial charge in [0.15, 0.2) is 14.1 Å². The first-order valence-corrected chi connectivity index (χ1v) is 13.0. The minimum absolute atomic E-state index is 0.0217. The lowest BCUT2D eigenvalue weighted by molar-refractivity contribution is -0.298. The maximum atomic E-state index is 11.4. The fourth-order valence-electron chi connectivity index (χ4n) is 4.43. The molecule has 0 bridgehead atoms. The summed E-state index contributed by atoms with van der Waals surface area (Å²) in [7, 11) is -2.01. The van der Waals surface area contributed by atoms with E-state index in [1.807, 2.05) is 0 Å². The highest BCUT2D eigenvalue weighted by molar-refractivity contribution is 6.74. The van der Waals surface area contributed by atoms with Gasteiger partial charge in [-0.25, -0.2) is 4.79 Å². The Bertz CT molecular complexity index is 572. The minimum atomic E-state index is -2.01. The molecule has 0 radical (unpaired) electrons. The van der Waals surface area contributed by atoms with E-state index in [1.165, 1.54) is 0 Å². The summed E-state index contributed by atoms with van der Waals surface area (Å²) in [4.78, 5) is 11.4. The highest BCUT2D eigenvalue weighted by atomic mass is 28.4. The molecule has 3 fully saturated rings. The molecule has 0 amide bonds. The normalized spacial score (nSPS) is 35.2. The SMILES string of the molecule is CC1(C)COC2(C[C@@H]3C[C@@H](O[Si](C)(C)C(C)(C)C)[C@H](OC(=O)O)[C@@H]3C2)OC1. The summed E-state index contributed by atoms with van der Waals surface area (Å²) in [6.07, 6.45) is 0.454. The quantitative estimate of drug-likeness (QED) is 0.549. The molecule has 1 saturated heterocycles. The number of ether oxygens (including phenoxy) is 3. The maximum Gasteiger partial charge on any atom is 0.506 e. The third-order valence-electron chi connectivity index (χ3n) is 6.99. The predicted molar refractivity (Wildman–Crippen MR) is 104 cm³/mol. The van der Waals surface area contributed by atoms with Crippen LogP contribution in [-0.4, -0.2) is 50.8 Å². The topological polar surface area (TPSA) is 74.2 Å². The molecule has 0 aromatic rings. The molecule has 1 heterocycles. The summed E-state index contributed by atoms with van der Waals surface area (Å²) in [5, 5.41) is 9.38. The largest absolute Gasteiger partial charge is 0.506 e. The van der Waals surface area contributed by atoms with Gasteiger partial charge in [0.25, 0.3) is 0 Å². The van der Waals surface area contributed by atoms with Crippen LogP contribution in [0.3, 0.4) is 0 Å². The molecule has 6 nitrogen and oxygen atoms in total. The van der Waals surface area contributed by atoms with E-state index in [0.717, 1.165) is 12.8 Å². The number of rotatable bonds is 3. The van der Waals surface area contributed by atoms with Crippen molar-refractivity contribution in [1.29, 1.82) is 0 Å². The zero-order valence-corrected chi connectivity index (χ0v) is 18.8. The Morgan fingerprint density at radius 1 is 1.15 bits per heavy atom. The molecule has 156 valence electrons. The van der Waals surface area contributed by atoms with E-state index < -0.39 is 26.4 Å². The molecule has 0 unspecified atom stereocenters. The average Bonchev–Trinajstić information content (AvgIpc) is 2.97. The van der Waals surface area contributed by atoms with E-state index in [1.54, 1.807) is 0 Å². The smallest absolute Gasteiger partial charge is 0.450 e. The first-order valence-electron chi connectivity index (χ1n) is 10.1. The molecule has 2 saturated carbocycles. The van der Waals surface area contributed by atoms with Gasteiger partial charge in [-0.05, 0) is 30.5 Å². The molecular weight excluding hydrogens is 364 g/mol. The van der Waals surface area contributed by atoms with E-state index in [0.29, 0.717) is 25.6 Å². The second-order valence-corrected chi connectivity index (χ2v) is 15.7. The van der Waals surface area contributed by atoms with Gasteiger partial charge in [0, 0.05) is 24.2 Å². The molecule has 7 heteroatoms. The van der Waals surface area contributed by atoms with E-state index in [-0.39, 0.29) is 22.5 Å². The Morgan fingerprint density at radius 3 is 2.26 bits per heavy atom. The molecule has 3 aliphatic rings. The van der Waals surface area contributed by atoms with Crippen LogP contribution in [0.4, 0.5) is 4.79 Å². The lowest BCUT2D eigenvalue weighted by Gasteiger charge is -2.43. The lowest BCUT2D eigenvalue weighted by Crippen LogP contribution is -2.49. The standard InChI is InChI=1S/C20H36O6Si/c1-18(2,3)27(6,7)26-15-8-13-9-20(23-11-19(4,5)12-24-20)10-14(13)16(15)25-17(21)22/h13-16H,8-12H2,1-7H3,(H,21,22)/t13-,14+,15+,16+/m0/s1. The van der Waals surface area contributed by atoms with Crippen LogP contribution in [0.15, 0.2) is 0 Å². The number of hydrogen-bond acceptors (Lipinski definition) is 5. The van der Waals surface area contributed by atoms with Crippen LogP contribution in [0, 0.1) is 17.3 Å². The van der Waals surface area contributed by atoms with E-state index in [4.69, 9.17) is 18.6 Å². The average molecular weight is 401 g/mol. The van der Waals surface area contributed by atoms with Gasteiger partial charge in [-0.15, -0.1) is 0 Å². The summed E-state index contributed by atoms with van der Waals surface area (Å²) in [5.74, 6) is -0.171. The first kappa shape index (κ1) is 21.1. The maximum absolute atomic E-state index is 11.4. The molecular formula is C20H36O6Si. The van der Waals surface area contributed by atoms with Crippen molar-refractivity contribution in [2.24, 2.45) is 17.3 Å². The highest BCUT2D eigenvalue weighted by Crippen LogP contribution is 2.55. The zero-order chi connectivity index (χ0) is 20.3. The van der Waals surface area contributed by atoms with E-state index >= 15 is 0 Å². The van der Waals surface area contributed by atoms with Gasteiger partial charge in [0.2, 0.25) is 0 Å². The fraction of sp³-hybridized carbons (Fsp3) is 0.950. The first-order chi connectivity index (χ1) is 12.2. The summed E-state index contributed by atoms with van der Waals surface area (Å²) >= 11 is 0. The molecule has 0 aromatic heterocycles. The number of carboxylic acid groups (broad SMARTS) is 1. The second-order valence-electron chi connectivity index (χ2n) is 11.0. The number of fused-ring (bicyclic) bond motifs is 1. The Morgan fingerprint density at radius 2 is 1.74 bits per heavy atom. The Kier molecular flexibility index (Phi) is 5.24. The molecule has 27 heavy (non-hydrogen) atoms. The van der Waals surface area contributed by atoms with Gasteiger partial charge in [-0.3, -0.25) is 0 Å². The van der Waals surface area contributed by atoms with Crippen LogP contribution < -0.4 is 0 Å². The van der Waals surface area contributed by atoms with Gasteiger partial charge in [0.1, 0.15) is 6.10 Å². The molecule has 3 rings (SSSR count). The van der Waals surface area contributed by atoms with Crippen molar-refractivity contribution in [3.05, 3.63) is 0 Å². The summed E-state index contributed by atoms with van der Waals surface area (Å²) in [5.41, 5.74) is 0.0217. The molecule has 1 spiro atoms. The molecule has 1 aliphatic heterocycles. The van der Waals surface area contributed by atoms with Gasteiger partial charge < -0.3 is 23.7 Å². The Balaban J connectivity index is 1.74. The van der Waals surface area contributed by atoms with Crippen molar-refractivity contribution in [2.45, 2.75) is 90.0 Å². The molecule has 0 aromatic carbocycles. The lowest BCUT2D eigenvalue weighted by atomic mass is 9.94. The summed E-state index contributed by atoms with van der Waals surface area (Å²) in [6.45, 7) is 16.6. The van der Waals surface area contributed by atoms with Crippen molar-refractivity contribution in [1.82, 2.24) is 0 Å². The van der Waals surface area contributed by atoms with Crippen LogP contribution in [0.1, 0.15) is 53.9 Å². The monoisotopic (exact) mass is 400 g/mol. The van der Waals surface area contributed by atoms with Gasteiger partial charge in [-0.1, -0.05) is 34.6 Å². The van der Waals surface area contributed by atoms with Crippen molar-refractivity contribution < 1.29 is 28.5 Å². The highest BCUT2D eigenvalue weighted by Gasteiger charge is 2.60. The van der Waals surface area contributed by atoms with Crippen LogP contribution in [-0.2, 0) is 18.6 Å². The number of hydrogen-bond donors (Lipinski definition) is 1. The predicted octanol–water partition coefficient (Wildman–Crippen LogP) is 4.64. The zero-order valence-electron chi connectivity index (χ0n) is 17.8. The summed E-state index contributed by atoms with van der Waals surface area (Å²) < 4.78 is 24.3. The molecule has 4 atom stereocenters. The van der Waals surface area contributed by atoms with Gasteiger partial charge >= 0.3 is 6.16 Å². The van der Waals surface area contributed by atoms with E-state index in [9.17, 15) is 9.90 Å². The Labute approximate surface area is 164 Å². The third-order valence-corrected chi connectivity index (χ3v) is 11.5. The van der Waals surface area contributed by atoms with Crippen molar-refractivity contribution >= 4 is 14.5 Å². The van der Waals surface area contributed by atoms with Gasteiger partial charge in [-0.2, -0.15) is 0 Å². The van der Waals surface area contributed by atoms with Crippen LogP contribution in [0.25, 0.3) is 0 Å². The van der Waals surface area contributed by atoms with Crippen molar-refractivity contribution in [2.75, 3.05) is 13.2 Å². The van der Waals surface area contributed by atoms with Crippen LogP contribution in [0.5, 0.6) is 0 Å². The van der Waals surface area contributed by atoms with Crippen LogP contribution >= 0.6 is 0 Å². The van der Waals surface area contributed by atoms with E-state index in [2.05, 4.69) is 47.7 Å². The van der Waals surface area contributed by atoms with Crippen LogP contribution in [0.2, 0.25) is 18.1 Å². The third kappa shape index (κ3) is 4.21. The Hall–Kier alpha value is -0.633. The van der Waals surface area contributed by atoms with Crippen molar-refractivity contribution in [3.8, 4) is 0 Å². The number of carbonyl (C=O) groups is 1. The molecule has 1 N–H and O–H groups in total.